The molecule has 0 rings (SSSR count). The molecule has 0 fully saturated rings. The SMILES string of the molecule is CCCCCC(C)C(=O)OCCCC. The summed E-state index contributed by atoms with van der Waals surface area (Å²) in [5.74, 6) is 0.0629. The first-order valence-corrected chi connectivity index (χ1v) is 5.89. The highest BCUT2D eigenvalue weighted by Crippen LogP contribution is 2.11. The zero-order chi connectivity index (χ0) is 10.8. The van der Waals surface area contributed by atoms with E-state index in [1.165, 1.54) is 12.8 Å². The number of ether oxygens (including phenoxy) is 1. The average Bonchev–Trinajstić information content (AvgIpc) is 2.18. The molecule has 0 radical (unpaired) electrons. The molecule has 14 heavy (non-hydrogen) atoms. The van der Waals surface area contributed by atoms with Gasteiger partial charge in [-0.3, -0.25) is 4.79 Å². The second kappa shape index (κ2) is 9.04. The van der Waals surface area contributed by atoms with Gasteiger partial charge >= 0.3 is 5.97 Å². The standard InChI is InChI=1S/C12H24O2/c1-4-6-8-9-11(3)12(13)14-10-7-5-2/h11H,4-10H2,1-3H3. The second-order valence-electron chi connectivity index (χ2n) is 3.92. The highest BCUT2D eigenvalue weighted by atomic mass is 16.5. The topological polar surface area (TPSA) is 26.3 Å². The van der Waals surface area contributed by atoms with Crippen LogP contribution in [0.25, 0.3) is 0 Å². The Kier molecular flexibility index (Phi) is 8.70. The summed E-state index contributed by atoms with van der Waals surface area (Å²) in [5, 5.41) is 0. The minimum Gasteiger partial charge on any atom is -0.465 e. The number of hydrogen-bond donors (Lipinski definition) is 0. The number of carbonyl (C=O) groups is 1. The first-order valence-electron chi connectivity index (χ1n) is 5.89. The van der Waals surface area contributed by atoms with Gasteiger partial charge in [0.1, 0.15) is 0 Å². The highest BCUT2D eigenvalue weighted by molar-refractivity contribution is 5.71. The van der Waals surface area contributed by atoms with Gasteiger partial charge in [0.15, 0.2) is 0 Å². The van der Waals surface area contributed by atoms with Crippen molar-refractivity contribution in [3.63, 3.8) is 0 Å². The van der Waals surface area contributed by atoms with Crippen LogP contribution in [0.2, 0.25) is 0 Å². The summed E-state index contributed by atoms with van der Waals surface area (Å²) in [6.45, 7) is 6.82. The lowest BCUT2D eigenvalue weighted by Gasteiger charge is -2.10. The molecule has 0 bridgehead atoms. The van der Waals surface area contributed by atoms with E-state index in [4.69, 9.17) is 4.74 Å². The third-order valence-electron chi connectivity index (χ3n) is 2.39. The Hall–Kier alpha value is -0.530. The molecule has 1 unspecified atom stereocenters. The van der Waals surface area contributed by atoms with Gasteiger partial charge in [-0.05, 0) is 12.8 Å². The van der Waals surface area contributed by atoms with Crippen molar-refractivity contribution in [2.75, 3.05) is 6.61 Å². The Morgan fingerprint density at radius 3 is 2.36 bits per heavy atom. The van der Waals surface area contributed by atoms with Crippen molar-refractivity contribution >= 4 is 5.97 Å². The van der Waals surface area contributed by atoms with Gasteiger partial charge in [0.05, 0.1) is 12.5 Å². The smallest absolute Gasteiger partial charge is 0.308 e. The van der Waals surface area contributed by atoms with Crippen LogP contribution in [0.3, 0.4) is 0 Å². The first kappa shape index (κ1) is 13.5. The molecule has 0 amide bonds. The molecular formula is C12H24O2. The van der Waals surface area contributed by atoms with E-state index in [9.17, 15) is 4.79 Å². The monoisotopic (exact) mass is 200 g/mol. The van der Waals surface area contributed by atoms with Crippen molar-refractivity contribution in [2.45, 2.75) is 59.3 Å². The Bertz CT molecular complexity index is 143. The molecule has 0 aromatic rings. The van der Waals surface area contributed by atoms with Crippen LogP contribution in [0.4, 0.5) is 0 Å². The van der Waals surface area contributed by atoms with Crippen LogP contribution in [0, 0.1) is 5.92 Å². The summed E-state index contributed by atoms with van der Waals surface area (Å²) < 4.78 is 5.14. The molecule has 0 spiro atoms. The van der Waals surface area contributed by atoms with E-state index < -0.39 is 0 Å². The second-order valence-corrected chi connectivity index (χ2v) is 3.92. The number of rotatable bonds is 8. The van der Waals surface area contributed by atoms with E-state index in [1.807, 2.05) is 6.92 Å². The molecule has 0 heterocycles. The van der Waals surface area contributed by atoms with E-state index in [-0.39, 0.29) is 11.9 Å². The average molecular weight is 200 g/mol. The van der Waals surface area contributed by atoms with Crippen molar-refractivity contribution in [3.8, 4) is 0 Å². The number of unbranched alkanes of at least 4 members (excludes halogenated alkanes) is 3. The molecular weight excluding hydrogens is 176 g/mol. The predicted molar refractivity (Wildman–Crippen MR) is 59.2 cm³/mol. The fourth-order valence-electron chi connectivity index (χ4n) is 1.28. The normalized spacial score (nSPS) is 12.5. The van der Waals surface area contributed by atoms with Crippen LogP contribution in [-0.4, -0.2) is 12.6 Å². The van der Waals surface area contributed by atoms with Gasteiger partial charge in [-0.25, -0.2) is 0 Å². The van der Waals surface area contributed by atoms with E-state index in [1.54, 1.807) is 0 Å². The van der Waals surface area contributed by atoms with Crippen molar-refractivity contribution in [2.24, 2.45) is 5.92 Å². The lowest BCUT2D eigenvalue weighted by Crippen LogP contribution is -2.15. The molecule has 2 heteroatoms. The summed E-state index contributed by atoms with van der Waals surface area (Å²) in [7, 11) is 0. The van der Waals surface area contributed by atoms with Crippen LogP contribution in [0.15, 0.2) is 0 Å². The molecule has 0 aromatic carbocycles. The molecule has 84 valence electrons. The van der Waals surface area contributed by atoms with E-state index >= 15 is 0 Å². The third-order valence-corrected chi connectivity index (χ3v) is 2.39. The third kappa shape index (κ3) is 6.93. The maximum Gasteiger partial charge on any atom is 0.308 e. The van der Waals surface area contributed by atoms with Crippen molar-refractivity contribution < 1.29 is 9.53 Å². The molecule has 0 N–H and O–H groups in total. The Morgan fingerprint density at radius 1 is 1.14 bits per heavy atom. The van der Waals surface area contributed by atoms with Gasteiger partial charge in [-0.2, -0.15) is 0 Å². The molecule has 0 aliphatic carbocycles. The van der Waals surface area contributed by atoms with E-state index in [0.717, 1.165) is 25.7 Å². The molecule has 0 aliphatic heterocycles. The van der Waals surface area contributed by atoms with Crippen molar-refractivity contribution in [3.05, 3.63) is 0 Å². The summed E-state index contributed by atoms with van der Waals surface area (Å²) >= 11 is 0. The fraction of sp³-hybridized carbons (Fsp3) is 0.917. The summed E-state index contributed by atoms with van der Waals surface area (Å²) in [6.07, 6.45) is 6.59. The minimum absolute atomic E-state index is 0.0189. The van der Waals surface area contributed by atoms with Crippen LogP contribution < -0.4 is 0 Å². The Balaban J connectivity index is 3.44. The van der Waals surface area contributed by atoms with Gasteiger partial charge in [0.25, 0.3) is 0 Å². The van der Waals surface area contributed by atoms with Crippen molar-refractivity contribution in [1.29, 1.82) is 0 Å². The Morgan fingerprint density at radius 2 is 1.79 bits per heavy atom. The van der Waals surface area contributed by atoms with E-state index in [2.05, 4.69) is 13.8 Å². The summed E-state index contributed by atoms with van der Waals surface area (Å²) in [6, 6.07) is 0. The molecule has 0 aliphatic rings. The largest absolute Gasteiger partial charge is 0.465 e. The molecule has 0 aromatic heterocycles. The highest BCUT2D eigenvalue weighted by Gasteiger charge is 2.12. The zero-order valence-electron chi connectivity index (χ0n) is 9.84. The van der Waals surface area contributed by atoms with Gasteiger partial charge in [-0.1, -0.05) is 46.5 Å². The van der Waals surface area contributed by atoms with Gasteiger partial charge in [0, 0.05) is 0 Å². The predicted octanol–water partition coefficient (Wildman–Crippen LogP) is 3.55. The van der Waals surface area contributed by atoms with Crippen LogP contribution in [0.1, 0.15) is 59.3 Å². The fourth-order valence-corrected chi connectivity index (χ4v) is 1.28. The number of esters is 1. The van der Waals surface area contributed by atoms with Crippen LogP contribution >= 0.6 is 0 Å². The Labute approximate surface area is 88.0 Å². The molecule has 0 saturated heterocycles. The van der Waals surface area contributed by atoms with Crippen LogP contribution in [-0.2, 0) is 9.53 Å². The van der Waals surface area contributed by atoms with Gasteiger partial charge in [0.2, 0.25) is 0 Å². The summed E-state index contributed by atoms with van der Waals surface area (Å²) in [5.41, 5.74) is 0. The minimum atomic E-state index is -0.0189. The molecule has 2 nitrogen and oxygen atoms in total. The maximum absolute atomic E-state index is 11.4. The molecule has 1 atom stereocenters. The quantitative estimate of drug-likeness (QED) is 0.442. The van der Waals surface area contributed by atoms with Gasteiger partial charge in [-0.15, -0.1) is 0 Å². The zero-order valence-corrected chi connectivity index (χ0v) is 9.84. The van der Waals surface area contributed by atoms with Gasteiger partial charge < -0.3 is 4.74 Å². The van der Waals surface area contributed by atoms with E-state index in [0.29, 0.717) is 6.61 Å². The van der Waals surface area contributed by atoms with Crippen LogP contribution in [0.5, 0.6) is 0 Å². The lowest BCUT2D eigenvalue weighted by atomic mass is 10.0. The lowest BCUT2D eigenvalue weighted by molar-refractivity contribution is -0.148. The number of hydrogen-bond acceptors (Lipinski definition) is 2. The van der Waals surface area contributed by atoms with Crippen molar-refractivity contribution in [1.82, 2.24) is 0 Å². The summed E-state index contributed by atoms with van der Waals surface area (Å²) in [4.78, 5) is 11.4. The number of carbonyl (C=O) groups excluding carboxylic acids is 1. The molecule has 0 saturated carbocycles. The first-order chi connectivity index (χ1) is 6.72. The maximum atomic E-state index is 11.4.